The fourth-order valence-corrected chi connectivity index (χ4v) is 4.35. The van der Waals surface area contributed by atoms with Gasteiger partial charge in [0.25, 0.3) is 0 Å². The molecular formula is C24H17F3N2O2S. The van der Waals surface area contributed by atoms with Crippen LogP contribution in [0.4, 0.5) is 18.0 Å². The summed E-state index contributed by atoms with van der Waals surface area (Å²) in [4.78, 5) is 12.4. The third kappa shape index (κ3) is 4.73. The molecule has 0 bridgehead atoms. The van der Waals surface area contributed by atoms with Crippen LogP contribution in [-0.4, -0.2) is 18.2 Å². The van der Waals surface area contributed by atoms with E-state index in [1.165, 1.54) is 24.3 Å². The molecule has 3 aromatic carbocycles. The SMILES string of the molecule is N#CC(NC(=O)OCC1c2ccccc2-c2ccccc21)c1ccc(SC(F)(F)F)cc1. The smallest absolute Gasteiger partial charge is 0.446 e. The number of ether oxygens (including phenoxy) is 1. The molecule has 0 heterocycles. The van der Waals surface area contributed by atoms with Gasteiger partial charge >= 0.3 is 11.6 Å². The largest absolute Gasteiger partial charge is 0.449 e. The number of carbonyl (C=O) groups is 1. The highest BCUT2D eigenvalue weighted by atomic mass is 32.2. The molecule has 0 saturated carbocycles. The maximum absolute atomic E-state index is 12.5. The summed E-state index contributed by atoms with van der Waals surface area (Å²) in [6, 6.07) is 22.0. The van der Waals surface area contributed by atoms with Gasteiger partial charge in [-0.25, -0.2) is 4.79 Å². The van der Waals surface area contributed by atoms with Gasteiger partial charge in [0.15, 0.2) is 0 Å². The van der Waals surface area contributed by atoms with E-state index in [2.05, 4.69) is 5.32 Å². The predicted octanol–water partition coefficient (Wildman–Crippen LogP) is 6.40. The quantitative estimate of drug-likeness (QED) is 0.453. The Morgan fingerprint density at radius 3 is 2.09 bits per heavy atom. The molecule has 1 aliphatic rings. The van der Waals surface area contributed by atoms with E-state index < -0.39 is 17.6 Å². The minimum Gasteiger partial charge on any atom is -0.449 e. The lowest BCUT2D eigenvalue weighted by Crippen LogP contribution is -2.29. The van der Waals surface area contributed by atoms with Crippen molar-refractivity contribution in [3.05, 3.63) is 89.5 Å². The molecule has 1 N–H and O–H groups in total. The highest BCUT2D eigenvalue weighted by Crippen LogP contribution is 2.44. The molecule has 1 unspecified atom stereocenters. The Labute approximate surface area is 187 Å². The van der Waals surface area contributed by atoms with Gasteiger partial charge in [-0.05, 0) is 51.7 Å². The first-order chi connectivity index (χ1) is 15.4. The second-order valence-corrected chi connectivity index (χ2v) is 8.29. The Kier molecular flexibility index (Phi) is 6.10. The van der Waals surface area contributed by atoms with E-state index in [0.717, 1.165) is 22.3 Å². The number of alkyl halides is 3. The number of carbonyl (C=O) groups excluding carboxylic acids is 1. The number of benzene rings is 3. The van der Waals surface area contributed by atoms with E-state index in [9.17, 15) is 23.2 Å². The van der Waals surface area contributed by atoms with Crippen molar-refractivity contribution >= 4 is 17.9 Å². The molecule has 162 valence electrons. The Hall–Kier alpha value is -3.44. The lowest BCUT2D eigenvalue weighted by atomic mass is 9.98. The molecule has 0 saturated heterocycles. The van der Waals surface area contributed by atoms with Crippen LogP contribution < -0.4 is 5.32 Å². The molecule has 3 aromatic rings. The van der Waals surface area contributed by atoms with Gasteiger partial charge in [0, 0.05) is 10.8 Å². The van der Waals surface area contributed by atoms with Gasteiger partial charge in [-0.3, -0.25) is 0 Å². The fraction of sp³-hybridized carbons (Fsp3) is 0.167. The lowest BCUT2D eigenvalue weighted by molar-refractivity contribution is -0.0328. The third-order valence-electron chi connectivity index (χ3n) is 5.18. The van der Waals surface area contributed by atoms with Crippen molar-refractivity contribution in [3.63, 3.8) is 0 Å². The highest BCUT2D eigenvalue weighted by molar-refractivity contribution is 8.00. The average molecular weight is 454 g/mol. The number of alkyl carbamates (subject to hydrolysis) is 1. The minimum atomic E-state index is -4.39. The number of nitriles is 1. The number of nitrogens with zero attached hydrogens (tertiary/aromatic N) is 1. The van der Waals surface area contributed by atoms with Gasteiger partial charge in [0.2, 0.25) is 0 Å². The number of amides is 1. The predicted molar refractivity (Wildman–Crippen MR) is 115 cm³/mol. The molecule has 1 amide bonds. The minimum absolute atomic E-state index is 0.000852. The summed E-state index contributed by atoms with van der Waals surface area (Å²) in [6.07, 6.45) is -0.771. The maximum Gasteiger partial charge on any atom is 0.446 e. The molecule has 1 aliphatic carbocycles. The zero-order chi connectivity index (χ0) is 22.7. The first kappa shape index (κ1) is 21.8. The zero-order valence-corrected chi connectivity index (χ0v) is 17.4. The van der Waals surface area contributed by atoms with Crippen LogP contribution >= 0.6 is 11.8 Å². The summed E-state index contributed by atoms with van der Waals surface area (Å²) in [5.41, 5.74) is 0.308. The second-order valence-electron chi connectivity index (χ2n) is 7.15. The van der Waals surface area contributed by atoms with E-state index >= 15 is 0 Å². The van der Waals surface area contributed by atoms with Crippen LogP contribution in [0.15, 0.2) is 77.7 Å². The van der Waals surface area contributed by atoms with Gasteiger partial charge in [-0.15, -0.1) is 0 Å². The number of thioether (sulfide) groups is 1. The van der Waals surface area contributed by atoms with E-state index in [-0.39, 0.29) is 29.2 Å². The van der Waals surface area contributed by atoms with E-state index in [1.807, 2.05) is 54.6 Å². The standard InChI is InChI=1S/C24H17F3N2O2S/c25-24(26,27)32-16-11-9-15(10-12-16)22(13-28)29-23(30)31-14-21-19-7-3-1-5-17(19)18-6-2-4-8-20(18)21/h1-12,21-22H,14H2,(H,29,30). The molecule has 4 nitrogen and oxygen atoms in total. The van der Waals surface area contributed by atoms with E-state index in [1.54, 1.807) is 0 Å². The van der Waals surface area contributed by atoms with Gasteiger partial charge in [0.1, 0.15) is 12.6 Å². The number of halogens is 3. The number of nitrogens with one attached hydrogen (secondary N) is 1. The molecular weight excluding hydrogens is 437 g/mol. The van der Waals surface area contributed by atoms with E-state index in [4.69, 9.17) is 4.74 Å². The van der Waals surface area contributed by atoms with E-state index in [0.29, 0.717) is 5.56 Å². The van der Waals surface area contributed by atoms with Crippen LogP contribution in [0.1, 0.15) is 28.7 Å². The molecule has 1 atom stereocenters. The summed E-state index contributed by atoms with van der Waals surface area (Å²) >= 11 is -0.241. The average Bonchev–Trinajstić information content (AvgIpc) is 3.09. The van der Waals surface area contributed by atoms with Gasteiger partial charge < -0.3 is 10.1 Å². The Morgan fingerprint density at radius 2 is 1.56 bits per heavy atom. The van der Waals surface area contributed by atoms with Crippen LogP contribution in [0.2, 0.25) is 0 Å². The molecule has 4 rings (SSSR count). The van der Waals surface area contributed by atoms with Crippen molar-refractivity contribution in [1.82, 2.24) is 5.32 Å². The summed E-state index contributed by atoms with van der Waals surface area (Å²) in [5.74, 6) is -0.118. The van der Waals surface area contributed by atoms with Crippen molar-refractivity contribution < 1.29 is 22.7 Å². The molecule has 0 radical (unpaired) electrons. The Bertz CT molecular complexity index is 1130. The lowest BCUT2D eigenvalue weighted by Gasteiger charge is -2.16. The molecule has 0 aliphatic heterocycles. The van der Waals surface area contributed by atoms with Crippen molar-refractivity contribution in [2.75, 3.05) is 6.61 Å². The van der Waals surface area contributed by atoms with Crippen molar-refractivity contribution in [1.29, 1.82) is 5.26 Å². The number of hydrogen-bond donors (Lipinski definition) is 1. The Morgan fingerprint density at radius 1 is 1.00 bits per heavy atom. The molecule has 32 heavy (non-hydrogen) atoms. The normalized spacial score (nSPS) is 13.6. The third-order valence-corrected chi connectivity index (χ3v) is 5.92. The fourth-order valence-electron chi connectivity index (χ4n) is 3.81. The maximum atomic E-state index is 12.5. The van der Waals surface area contributed by atoms with Crippen LogP contribution in [0.25, 0.3) is 11.1 Å². The summed E-state index contributed by atoms with van der Waals surface area (Å²) in [7, 11) is 0. The molecule has 0 aromatic heterocycles. The first-order valence-electron chi connectivity index (χ1n) is 9.72. The summed E-state index contributed by atoms with van der Waals surface area (Å²) in [5, 5.41) is 11.9. The van der Waals surface area contributed by atoms with Crippen LogP contribution in [0, 0.1) is 11.3 Å². The molecule has 0 fully saturated rings. The van der Waals surface area contributed by atoms with Gasteiger partial charge in [-0.1, -0.05) is 60.7 Å². The molecule has 0 spiro atoms. The second kappa shape index (κ2) is 8.97. The summed E-state index contributed by atoms with van der Waals surface area (Å²) in [6.45, 7) is 0.0964. The number of fused-ring (bicyclic) bond motifs is 3. The first-order valence-corrected chi connectivity index (χ1v) is 10.5. The van der Waals surface area contributed by atoms with Crippen molar-refractivity contribution in [2.24, 2.45) is 0 Å². The van der Waals surface area contributed by atoms with Crippen LogP contribution in [0.3, 0.4) is 0 Å². The molecule has 8 heteroatoms. The van der Waals surface area contributed by atoms with Crippen molar-refractivity contribution in [3.8, 4) is 17.2 Å². The van der Waals surface area contributed by atoms with Crippen LogP contribution in [-0.2, 0) is 4.74 Å². The van der Waals surface area contributed by atoms with Crippen LogP contribution in [0.5, 0.6) is 0 Å². The Balaban J connectivity index is 1.41. The summed E-state index contributed by atoms with van der Waals surface area (Å²) < 4.78 is 42.9. The number of rotatable bonds is 5. The van der Waals surface area contributed by atoms with Crippen molar-refractivity contribution in [2.45, 2.75) is 22.4 Å². The zero-order valence-electron chi connectivity index (χ0n) is 16.6. The van der Waals surface area contributed by atoms with Gasteiger partial charge in [-0.2, -0.15) is 18.4 Å². The highest BCUT2D eigenvalue weighted by Gasteiger charge is 2.30. The van der Waals surface area contributed by atoms with Gasteiger partial charge in [0.05, 0.1) is 6.07 Å². The number of hydrogen-bond acceptors (Lipinski definition) is 4. The topological polar surface area (TPSA) is 62.1 Å². The monoisotopic (exact) mass is 454 g/mol.